The Morgan fingerprint density at radius 3 is 1.94 bits per heavy atom. The first-order chi connectivity index (χ1) is 7.99. The molecule has 1 unspecified atom stereocenters. The van der Waals surface area contributed by atoms with E-state index in [2.05, 4.69) is 44.8 Å². The third-order valence-electron chi connectivity index (χ3n) is 3.47. The van der Waals surface area contributed by atoms with Crippen molar-refractivity contribution >= 4 is 0 Å². The predicted molar refractivity (Wildman–Crippen MR) is 76.3 cm³/mol. The van der Waals surface area contributed by atoms with E-state index in [9.17, 15) is 0 Å². The summed E-state index contributed by atoms with van der Waals surface area (Å²) in [6.07, 6.45) is 2.88. The standard InChI is InChI=1S/C15H32N2/c1-12(2)10-17(11-13(3)4)9-8-16-14(5)15-6-7-15/h12-16H,6-11H2,1-5H3. The second-order valence-corrected chi connectivity index (χ2v) is 6.63. The Kier molecular flexibility index (Phi) is 6.50. The molecule has 0 radical (unpaired) electrons. The van der Waals surface area contributed by atoms with E-state index in [1.54, 1.807) is 0 Å². The van der Waals surface area contributed by atoms with Gasteiger partial charge in [-0.15, -0.1) is 0 Å². The summed E-state index contributed by atoms with van der Waals surface area (Å²) in [6, 6.07) is 0.731. The smallest absolute Gasteiger partial charge is 0.0107 e. The molecule has 0 aromatic heterocycles. The number of nitrogens with one attached hydrogen (secondary N) is 1. The number of hydrogen-bond acceptors (Lipinski definition) is 2. The molecule has 0 saturated heterocycles. The van der Waals surface area contributed by atoms with Gasteiger partial charge in [-0.3, -0.25) is 0 Å². The third-order valence-corrected chi connectivity index (χ3v) is 3.47. The van der Waals surface area contributed by atoms with Crippen molar-refractivity contribution in [2.24, 2.45) is 17.8 Å². The fourth-order valence-corrected chi connectivity index (χ4v) is 2.50. The predicted octanol–water partition coefficient (Wildman–Crippen LogP) is 2.99. The zero-order valence-electron chi connectivity index (χ0n) is 12.5. The maximum absolute atomic E-state index is 3.68. The third kappa shape index (κ3) is 7.05. The van der Waals surface area contributed by atoms with Crippen molar-refractivity contribution in [3.05, 3.63) is 0 Å². The zero-order valence-corrected chi connectivity index (χ0v) is 12.5. The van der Waals surface area contributed by atoms with Gasteiger partial charge in [-0.25, -0.2) is 0 Å². The Balaban J connectivity index is 2.17. The number of hydrogen-bond donors (Lipinski definition) is 1. The Labute approximate surface area is 108 Å². The van der Waals surface area contributed by atoms with Crippen molar-refractivity contribution in [3.63, 3.8) is 0 Å². The lowest BCUT2D eigenvalue weighted by Gasteiger charge is -2.27. The molecule has 2 heteroatoms. The molecule has 0 bridgehead atoms. The molecule has 1 rings (SSSR count). The molecule has 1 N–H and O–H groups in total. The molecule has 1 atom stereocenters. The van der Waals surface area contributed by atoms with Gasteiger partial charge in [-0.1, -0.05) is 27.7 Å². The van der Waals surface area contributed by atoms with Crippen LogP contribution in [0.1, 0.15) is 47.5 Å². The molecule has 102 valence electrons. The largest absolute Gasteiger partial charge is 0.313 e. The molecule has 0 aromatic rings. The Morgan fingerprint density at radius 2 is 1.53 bits per heavy atom. The molecule has 0 spiro atoms. The molecular weight excluding hydrogens is 208 g/mol. The van der Waals surface area contributed by atoms with Crippen LogP contribution in [-0.4, -0.2) is 37.1 Å². The summed E-state index contributed by atoms with van der Waals surface area (Å²) < 4.78 is 0. The maximum Gasteiger partial charge on any atom is 0.0107 e. The van der Waals surface area contributed by atoms with Crippen LogP contribution in [0.3, 0.4) is 0 Å². The molecular formula is C15H32N2. The van der Waals surface area contributed by atoms with Crippen molar-refractivity contribution in [1.82, 2.24) is 10.2 Å². The van der Waals surface area contributed by atoms with Gasteiger partial charge in [-0.2, -0.15) is 0 Å². The van der Waals surface area contributed by atoms with E-state index in [1.165, 1.54) is 32.5 Å². The van der Waals surface area contributed by atoms with E-state index >= 15 is 0 Å². The van der Waals surface area contributed by atoms with Crippen LogP contribution in [0, 0.1) is 17.8 Å². The van der Waals surface area contributed by atoms with E-state index in [1.807, 2.05) is 0 Å². The molecule has 17 heavy (non-hydrogen) atoms. The summed E-state index contributed by atoms with van der Waals surface area (Å²) in [5.41, 5.74) is 0. The van der Waals surface area contributed by atoms with Crippen LogP contribution in [0.25, 0.3) is 0 Å². The molecule has 1 fully saturated rings. The Morgan fingerprint density at radius 1 is 1.00 bits per heavy atom. The zero-order chi connectivity index (χ0) is 12.8. The van der Waals surface area contributed by atoms with Crippen LogP contribution in [0.2, 0.25) is 0 Å². The Bertz CT molecular complexity index is 187. The van der Waals surface area contributed by atoms with Crippen LogP contribution in [-0.2, 0) is 0 Å². The molecule has 1 aliphatic carbocycles. The van der Waals surface area contributed by atoms with Gasteiger partial charge in [0.25, 0.3) is 0 Å². The summed E-state index contributed by atoms with van der Waals surface area (Å²) in [7, 11) is 0. The highest BCUT2D eigenvalue weighted by molar-refractivity contribution is 4.83. The molecule has 1 aliphatic rings. The van der Waals surface area contributed by atoms with E-state index < -0.39 is 0 Å². The first-order valence-electron chi connectivity index (χ1n) is 7.44. The van der Waals surface area contributed by atoms with Gasteiger partial charge in [0.05, 0.1) is 0 Å². The van der Waals surface area contributed by atoms with Crippen molar-refractivity contribution < 1.29 is 0 Å². The quantitative estimate of drug-likeness (QED) is 0.666. The molecule has 0 amide bonds. The lowest BCUT2D eigenvalue weighted by molar-refractivity contribution is 0.216. The summed E-state index contributed by atoms with van der Waals surface area (Å²) >= 11 is 0. The summed E-state index contributed by atoms with van der Waals surface area (Å²) in [4.78, 5) is 2.61. The van der Waals surface area contributed by atoms with Crippen molar-refractivity contribution in [2.45, 2.75) is 53.5 Å². The normalized spacial score (nSPS) is 18.4. The highest BCUT2D eigenvalue weighted by Gasteiger charge is 2.27. The summed E-state index contributed by atoms with van der Waals surface area (Å²) in [6.45, 7) is 16.4. The fourth-order valence-electron chi connectivity index (χ4n) is 2.50. The van der Waals surface area contributed by atoms with Gasteiger partial charge < -0.3 is 10.2 Å². The van der Waals surface area contributed by atoms with Crippen LogP contribution in [0.4, 0.5) is 0 Å². The fraction of sp³-hybridized carbons (Fsp3) is 1.00. The monoisotopic (exact) mass is 240 g/mol. The average Bonchev–Trinajstić information content (AvgIpc) is 2.97. The topological polar surface area (TPSA) is 15.3 Å². The van der Waals surface area contributed by atoms with Gasteiger partial charge in [0.1, 0.15) is 0 Å². The van der Waals surface area contributed by atoms with Crippen molar-refractivity contribution in [3.8, 4) is 0 Å². The molecule has 0 heterocycles. The SMILES string of the molecule is CC(C)CN(CCNC(C)C1CC1)CC(C)C. The highest BCUT2D eigenvalue weighted by Crippen LogP contribution is 2.32. The highest BCUT2D eigenvalue weighted by atomic mass is 15.1. The second kappa shape index (κ2) is 7.38. The number of rotatable bonds is 9. The molecule has 2 nitrogen and oxygen atoms in total. The maximum atomic E-state index is 3.68. The summed E-state index contributed by atoms with van der Waals surface area (Å²) in [5.74, 6) is 2.52. The molecule has 0 aromatic carbocycles. The first kappa shape index (κ1) is 15.0. The van der Waals surface area contributed by atoms with E-state index in [0.717, 1.165) is 30.3 Å². The van der Waals surface area contributed by atoms with Crippen LogP contribution < -0.4 is 5.32 Å². The van der Waals surface area contributed by atoms with E-state index in [-0.39, 0.29) is 0 Å². The van der Waals surface area contributed by atoms with Gasteiger partial charge in [0.2, 0.25) is 0 Å². The van der Waals surface area contributed by atoms with E-state index in [0.29, 0.717) is 0 Å². The average molecular weight is 240 g/mol. The first-order valence-corrected chi connectivity index (χ1v) is 7.44. The van der Waals surface area contributed by atoms with Crippen LogP contribution in [0.15, 0.2) is 0 Å². The van der Waals surface area contributed by atoms with Gasteiger partial charge in [0, 0.05) is 32.2 Å². The Hall–Kier alpha value is -0.0800. The minimum atomic E-state index is 0.731. The lowest BCUT2D eigenvalue weighted by atomic mass is 10.1. The van der Waals surface area contributed by atoms with Gasteiger partial charge >= 0.3 is 0 Å². The lowest BCUT2D eigenvalue weighted by Crippen LogP contribution is -2.39. The van der Waals surface area contributed by atoms with Crippen LogP contribution >= 0.6 is 0 Å². The second-order valence-electron chi connectivity index (χ2n) is 6.63. The van der Waals surface area contributed by atoms with Gasteiger partial charge in [-0.05, 0) is 37.5 Å². The number of nitrogens with zero attached hydrogens (tertiary/aromatic N) is 1. The minimum absolute atomic E-state index is 0.731. The minimum Gasteiger partial charge on any atom is -0.313 e. The summed E-state index contributed by atoms with van der Waals surface area (Å²) in [5, 5.41) is 3.68. The molecule has 0 aliphatic heterocycles. The molecule has 1 saturated carbocycles. The van der Waals surface area contributed by atoms with Crippen molar-refractivity contribution in [2.75, 3.05) is 26.2 Å². The van der Waals surface area contributed by atoms with Crippen molar-refractivity contribution in [1.29, 1.82) is 0 Å². The van der Waals surface area contributed by atoms with E-state index in [4.69, 9.17) is 0 Å². The van der Waals surface area contributed by atoms with Crippen LogP contribution in [0.5, 0.6) is 0 Å². The van der Waals surface area contributed by atoms with Gasteiger partial charge in [0.15, 0.2) is 0 Å².